The summed E-state index contributed by atoms with van der Waals surface area (Å²) >= 11 is 0. The molecule has 1 N–H and O–H groups in total. The molecule has 5 nitrogen and oxygen atoms in total. The van der Waals surface area contributed by atoms with E-state index in [1.54, 1.807) is 19.7 Å². The van der Waals surface area contributed by atoms with Gasteiger partial charge in [-0.05, 0) is 0 Å². The summed E-state index contributed by atoms with van der Waals surface area (Å²) in [4.78, 5) is 15.3. The number of hydrogen-bond donors (Lipinski definition) is 1. The first-order valence-electron chi connectivity index (χ1n) is 3.60. The van der Waals surface area contributed by atoms with Crippen molar-refractivity contribution in [3.8, 4) is 0 Å². The number of hydrogen-bond acceptors (Lipinski definition) is 3. The van der Waals surface area contributed by atoms with Crippen LogP contribution in [0.25, 0.3) is 11.2 Å². The average molecular weight is 163 g/mol. The van der Waals surface area contributed by atoms with Crippen LogP contribution in [0.5, 0.6) is 0 Å². The highest BCUT2D eigenvalue weighted by Crippen LogP contribution is 1.96. The molecule has 0 aromatic carbocycles. The lowest BCUT2D eigenvalue weighted by molar-refractivity contribution is 0.811. The summed E-state index contributed by atoms with van der Waals surface area (Å²) in [7, 11) is 3.64. The average Bonchev–Trinajstić information content (AvgIpc) is 2.52. The van der Waals surface area contributed by atoms with Crippen molar-refractivity contribution < 1.29 is 0 Å². The fraction of sp³-hybridized carbons (Fsp3) is 0.286. The van der Waals surface area contributed by atoms with Gasteiger partial charge in [-0.1, -0.05) is 0 Å². The summed E-state index contributed by atoms with van der Waals surface area (Å²) in [6.45, 7) is 0. The molecule has 0 aliphatic heterocycles. The Kier molecular flexibility index (Phi) is 1.43. The van der Waals surface area contributed by atoms with Crippen LogP contribution in [0.15, 0.2) is 17.6 Å². The van der Waals surface area contributed by atoms with Gasteiger partial charge < -0.3 is 9.55 Å². The van der Waals surface area contributed by atoms with E-state index in [4.69, 9.17) is 0 Å². The summed E-state index contributed by atoms with van der Waals surface area (Å²) in [6.07, 6.45) is 3.32. The second-order valence-corrected chi connectivity index (χ2v) is 2.50. The van der Waals surface area contributed by atoms with Crippen LogP contribution in [0.3, 0.4) is 0 Å². The molecule has 2 aromatic heterocycles. The fourth-order valence-electron chi connectivity index (χ4n) is 1.19. The molecular weight excluding hydrogens is 154 g/mol. The quantitative estimate of drug-likeness (QED) is 0.586. The van der Waals surface area contributed by atoms with Crippen LogP contribution in [0.4, 0.5) is 0 Å². The van der Waals surface area contributed by atoms with E-state index in [0.717, 1.165) is 11.0 Å². The van der Waals surface area contributed by atoms with Crippen molar-refractivity contribution in [3.05, 3.63) is 18.1 Å². The predicted molar refractivity (Wildman–Crippen MR) is 44.3 cm³/mol. The first kappa shape index (κ1) is 7.02. The molecule has 12 heavy (non-hydrogen) atoms. The van der Waals surface area contributed by atoms with Crippen LogP contribution in [0.1, 0.15) is 0 Å². The number of nitrogens with one attached hydrogen (secondary N) is 1. The maximum Gasteiger partial charge on any atom is 0.182 e. The van der Waals surface area contributed by atoms with Gasteiger partial charge in [0.1, 0.15) is 5.52 Å². The maximum absolute atomic E-state index is 4.12. The van der Waals surface area contributed by atoms with Crippen LogP contribution >= 0.6 is 0 Å². The summed E-state index contributed by atoms with van der Waals surface area (Å²) in [5.41, 5.74) is 2.44. The molecule has 2 heterocycles. The van der Waals surface area contributed by atoms with Crippen molar-refractivity contribution in [2.45, 2.75) is 0 Å². The minimum absolute atomic E-state index is 0.703. The highest BCUT2D eigenvalue weighted by molar-refractivity contribution is 5.67. The third-order valence-corrected chi connectivity index (χ3v) is 1.74. The molecule has 0 saturated heterocycles. The Bertz CT molecular complexity index is 464. The molecular formula is C7H9N5. The third kappa shape index (κ3) is 0.827. The molecule has 0 unspecified atom stereocenters. The Hall–Kier alpha value is -1.65. The van der Waals surface area contributed by atoms with E-state index in [1.165, 1.54) is 0 Å². The normalized spacial score (nSPS) is 12.7. The molecule has 62 valence electrons. The predicted octanol–water partition coefficient (Wildman–Crippen LogP) is -0.173. The summed E-state index contributed by atoms with van der Waals surface area (Å²) in [5.74, 6) is 0. The van der Waals surface area contributed by atoms with Crippen molar-refractivity contribution in [2.24, 2.45) is 12.0 Å². The Morgan fingerprint density at radius 1 is 1.50 bits per heavy atom. The molecule has 0 radical (unpaired) electrons. The van der Waals surface area contributed by atoms with E-state index < -0.39 is 0 Å². The van der Waals surface area contributed by atoms with Gasteiger partial charge in [0.05, 0.1) is 12.7 Å². The van der Waals surface area contributed by atoms with Gasteiger partial charge in [-0.25, -0.2) is 9.97 Å². The highest BCUT2D eigenvalue weighted by atomic mass is 15.1. The van der Waals surface area contributed by atoms with Crippen LogP contribution in [0.2, 0.25) is 0 Å². The number of imidazole rings is 1. The van der Waals surface area contributed by atoms with E-state index in [2.05, 4.69) is 19.9 Å². The van der Waals surface area contributed by atoms with Crippen molar-refractivity contribution in [1.82, 2.24) is 19.5 Å². The van der Waals surface area contributed by atoms with E-state index in [9.17, 15) is 0 Å². The van der Waals surface area contributed by atoms with Crippen molar-refractivity contribution in [2.75, 3.05) is 7.05 Å². The van der Waals surface area contributed by atoms with Gasteiger partial charge in [0.25, 0.3) is 0 Å². The second-order valence-electron chi connectivity index (χ2n) is 2.50. The maximum atomic E-state index is 4.12. The molecule has 0 atom stereocenters. The van der Waals surface area contributed by atoms with Gasteiger partial charge in [-0.15, -0.1) is 0 Å². The van der Waals surface area contributed by atoms with Crippen molar-refractivity contribution in [1.29, 1.82) is 0 Å². The molecule has 2 rings (SSSR count). The third-order valence-electron chi connectivity index (χ3n) is 1.74. The van der Waals surface area contributed by atoms with Crippen molar-refractivity contribution >= 4 is 11.2 Å². The van der Waals surface area contributed by atoms with E-state index >= 15 is 0 Å². The summed E-state index contributed by atoms with van der Waals surface area (Å²) in [5, 5.41) is 0. The number of H-pyrrole nitrogens is 1. The monoisotopic (exact) mass is 163 g/mol. The van der Waals surface area contributed by atoms with E-state index in [1.807, 2.05) is 11.6 Å². The lowest BCUT2D eigenvalue weighted by Gasteiger charge is -1.97. The van der Waals surface area contributed by atoms with Gasteiger partial charge in [-0.3, -0.25) is 4.99 Å². The molecule has 0 amide bonds. The molecule has 0 spiro atoms. The fourth-order valence-corrected chi connectivity index (χ4v) is 1.19. The number of aromatic nitrogens is 4. The topological polar surface area (TPSA) is 58.9 Å². The molecule has 0 fully saturated rings. The molecule has 2 aromatic rings. The molecule has 5 heteroatoms. The first-order chi connectivity index (χ1) is 5.83. The lowest BCUT2D eigenvalue weighted by Crippen LogP contribution is -2.18. The number of fused-ring (bicyclic) bond motifs is 1. The molecule has 0 bridgehead atoms. The Balaban J connectivity index is 3.03. The number of rotatable bonds is 0. The Labute approximate surface area is 68.8 Å². The number of aryl methyl sites for hydroxylation is 1. The van der Waals surface area contributed by atoms with Crippen LogP contribution < -0.4 is 5.49 Å². The smallest absolute Gasteiger partial charge is 0.182 e. The van der Waals surface area contributed by atoms with E-state index in [-0.39, 0.29) is 0 Å². The zero-order valence-electron chi connectivity index (χ0n) is 6.94. The molecule has 0 saturated carbocycles. The van der Waals surface area contributed by atoms with Gasteiger partial charge >= 0.3 is 0 Å². The number of nitrogens with zero attached hydrogens (tertiary/aromatic N) is 4. The Morgan fingerprint density at radius 3 is 3.08 bits per heavy atom. The summed E-state index contributed by atoms with van der Waals surface area (Å²) < 4.78 is 1.85. The van der Waals surface area contributed by atoms with E-state index in [0.29, 0.717) is 5.65 Å². The Morgan fingerprint density at radius 2 is 2.33 bits per heavy atom. The van der Waals surface area contributed by atoms with Gasteiger partial charge in [0.15, 0.2) is 11.1 Å². The minimum atomic E-state index is 0.703. The molecule has 0 aliphatic rings. The van der Waals surface area contributed by atoms with Crippen molar-refractivity contribution in [3.63, 3.8) is 0 Å². The SMILES string of the molecule is CN=c1c2[nH]cnc2ncn1C. The zero-order chi connectivity index (χ0) is 8.55. The summed E-state index contributed by atoms with van der Waals surface area (Å²) in [6, 6.07) is 0. The lowest BCUT2D eigenvalue weighted by atomic mass is 10.5. The van der Waals surface area contributed by atoms with Crippen LogP contribution in [0, 0.1) is 0 Å². The standard InChI is InChI=1S/C7H9N5/c1-8-7-5-6(10-3-9-5)11-4-12(7)2/h3-4H,1-2H3,(H,9,10). The number of aromatic amines is 1. The minimum Gasteiger partial charge on any atom is -0.340 e. The van der Waals surface area contributed by atoms with Crippen LogP contribution in [-0.4, -0.2) is 26.6 Å². The van der Waals surface area contributed by atoms with Crippen LogP contribution in [-0.2, 0) is 7.05 Å². The zero-order valence-corrected chi connectivity index (χ0v) is 6.94. The first-order valence-corrected chi connectivity index (χ1v) is 3.60. The second kappa shape index (κ2) is 2.44. The van der Waals surface area contributed by atoms with Gasteiger partial charge in [0, 0.05) is 14.1 Å². The van der Waals surface area contributed by atoms with Gasteiger partial charge in [-0.2, -0.15) is 0 Å². The largest absolute Gasteiger partial charge is 0.340 e. The highest BCUT2D eigenvalue weighted by Gasteiger charge is 1.99. The van der Waals surface area contributed by atoms with Gasteiger partial charge in [0.2, 0.25) is 0 Å². The molecule has 0 aliphatic carbocycles.